The zero-order chi connectivity index (χ0) is 26.5. The maximum Gasteiger partial charge on any atom is 0.411 e. The van der Waals surface area contributed by atoms with E-state index in [1.165, 1.54) is 11.9 Å². The van der Waals surface area contributed by atoms with Crippen molar-refractivity contribution >= 4 is 35.4 Å². The third-order valence-electron chi connectivity index (χ3n) is 8.09. The van der Waals surface area contributed by atoms with Crippen LogP contribution in [-0.2, 0) is 14.3 Å². The first kappa shape index (κ1) is 25.3. The van der Waals surface area contributed by atoms with E-state index < -0.39 is 23.6 Å². The van der Waals surface area contributed by atoms with Gasteiger partial charge in [0.15, 0.2) is 11.4 Å². The molecule has 37 heavy (non-hydrogen) atoms. The monoisotopic (exact) mass is 526 g/mol. The first-order valence-corrected chi connectivity index (χ1v) is 13.0. The van der Waals surface area contributed by atoms with Gasteiger partial charge in [-0.15, -0.1) is 0 Å². The average Bonchev–Trinajstić information content (AvgIpc) is 3.51. The zero-order valence-corrected chi connectivity index (χ0v) is 21.9. The molecule has 1 spiro atoms. The fraction of sp³-hybridized carbons (Fsp3) is 0.481. The van der Waals surface area contributed by atoms with Crippen molar-refractivity contribution in [2.75, 3.05) is 20.1 Å². The summed E-state index contributed by atoms with van der Waals surface area (Å²) in [4.78, 5) is 54.5. The van der Waals surface area contributed by atoms with Crippen molar-refractivity contribution in [3.63, 3.8) is 0 Å². The van der Waals surface area contributed by atoms with E-state index in [-0.39, 0.29) is 42.6 Å². The Balaban J connectivity index is 1.32. The van der Waals surface area contributed by atoms with Gasteiger partial charge in [0.25, 0.3) is 0 Å². The molecule has 10 heteroatoms. The maximum atomic E-state index is 13.6. The van der Waals surface area contributed by atoms with Gasteiger partial charge in [0.2, 0.25) is 5.91 Å². The first-order valence-electron chi connectivity index (χ1n) is 12.6. The Labute approximate surface area is 220 Å². The second-order valence-electron chi connectivity index (χ2n) is 10.3. The van der Waals surface area contributed by atoms with Gasteiger partial charge >= 0.3 is 12.1 Å². The number of allylic oxidation sites excluding steroid dienone is 3. The Morgan fingerprint density at radius 3 is 2.70 bits per heavy atom. The average molecular weight is 527 g/mol. The number of benzene rings is 1. The molecule has 1 aromatic carbocycles. The van der Waals surface area contributed by atoms with Crippen LogP contribution in [0.1, 0.15) is 49.8 Å². The van der Waals surface area contributed by atoms with Crippen LogP contribution in [-0.4, -0.2) is 65.4 Å². The number of rotatable bonds is 4. The number of hydrogen-bond acceptors (Lipinski definition) is 5. The Morgan fingerprint density at radius 1 is 1.19 bits per heavy atom. The fourth-order valence-corrected chi connectivity index (χ4v) is 6.50. The Hall–Kier alpha value is -3.33. The summed E-state index contributed by atoms with van der Waals surface area (Å²) in [6.07, 6.45) is 5.49. The minimum absolute atomic E-state index is 0.0473. The van der Waals surface area contributed by atoms with E-state index in [0.717, 1.165) is 29.5 Å². The van der Waals surface area contributed by atoms with Crippen molar-refractivity contribution in [3.05, 3.63) is 57.8 Å². The Bertz CT molecular complexity index is 1240. The van der Waals surface area contributed by atoms with E-state index in [1.54, 1.807) is 12.2 Å². The second kappa shape index (κ2) is 9.52. The summed E-state index contributed by atoms with van der Waals surface area (Å²) in [5.41, 5.74) is 2.11. The number of halogens is 1. The molecule has 1 saturated carbocycles. The molecule has 196 valence electrons. The molecule has 2 aliphatic heterocycles. The highest BCUT2D eigenvalue weighted by Crippen LogP contribution is 2.48. The standard InChI is InChI=1S/C27H31ClN4O5/c1-15-12-17(28)5-6-18(15)22-9-4-16(2)32(22)23(33)13-31-14-27(37-26(31)36)11-10-19-20(27)7-8-21(24(19)34)30-25(35)29-3/h5-8,12,16,19,22H,4,9-11,13-14H2,1-3H3,(H2,29,30,35)/t16?,19?,22?,27-/m0/s1. The van der Waals surface area contributed by atoms with Crippen molar-refractivity contribution in [1.82, 2.24) is 20.4 Å². The summed E-state index contributed by atoms with van der Waals surface area (Å²) in [6, 6.07) is 5.24. The summed E-state index contributed by atoms with van der Waals surface area (Å²) in [7, 11) is 1.48. The molecule has 4 atom stereocenters. The van der Waals surface area contributed by atoms with Crippen molar-refractivity contribution in [3.8, 4) is 0 Å². The fourth-order valence-electron chi connectivity index (χ4n) is 6.27. The van der Waals surface area contributed by atoms with Crippen molar-refractivity contribution in [2.45, 2.75) is 57.2 Å². The van der Waals surface area contributed by atoms with E-state index in [9.17, 15) is 19.2 Å². The van der Waals surface area contributed by atoms with Crippen molar-refractivity contribution in [2.24, 2.45) is 5.92 Å². The highest BCUT2D eigenvalue weighted by atomic mass is 35.5. The summed E-state index contributed by atoms with van der Waals surface area (Å²) in [5.74, 6) is -0.786. The molecular weight excluding hydrogens is 496 g/mol. The molecule has 4 aliphatic rings. The van der Waals surface area contributed by atoms with E-state index in [4.69, 9.17) is 16.3 Å². The maximum absolute atomic E-state index is 13.6. The summed E-state index contributed by atoms with van der Waals surface area (Å²) in [5, 5.41) is 5.65. The Morgan fingerprint density at radius 2 is 1.97 bits per heavy atom. The third-order valence-corrected chi connectivity index (χ3v) is 8.32. The largest absolute Gasteiger partial charge is 0.436 e. The van der Waals surface area contributed by atoms with Crippen LogP contribution in [0, 0.1) is 12.8 Å². The zero-order valence-electron chi connectivity index (χ0n) is 21.2. The number of aryl methyl sites for hydroxylation is 1. The van der Waals surface area contributed by atoms with Crippen LogP contribution in [0.4, 0.5) is 9.59 Å². The number of Topliss-reactive ketones (excluding diaryl/α,β-unsaturated/α-hetero) is 1. The highest BCUT2D eigenvalue weighted by Gasteiger charge is 2.56. The molecule has 0 bridgehead atoms. The van der Waals surface area contributed by atoms with Gasteiger partial charge < -0.3 is 20.3 Å². The minimum Gasteiger partial charge on any atom is -0.436 e. The lowest BCUT2D eigenvalue weighted by Crippen LogP contribution is -2.44. The van der Waals surface area contributed by atoms with Crippen LogP contribution in [0.25, 0.3) is 0 Å². The molecule has 2 N–H and O–H groups in total. The van der Waals surface area contributed by atoms with Crippen LogP contribution in [0.2, 0.25) is 5.02 Å². The molecule has 9 nitrogen and oxygen atoms in total. The topological polar surface area (TPSA) is 108 Å². The number of ether oxygens (including phenoxy) is 1. The van der Waals surface area contributed by atoms with E-state index in [0.29, 0.717) is 17.9 Å². The Kier molecular flexibility index (Phi) is 6.52. The minimum atomic E-state index is -0.935. The molecule has 4 amide bonds. The molecule has 3 fully saturated rings. The highest BCUT2D eigenvalue weighted by molar-refractivity contribution is 6.30. The lowest BCUT2D eigenvalue weighted by molar-refractivity contribution is -0.134. The van der Waals surface area contributed by atoms with Gasteiger partial charge in [-0.05, 0) is 74.4 Å². The van der Waals surface area contributed by atoms with Gasteiger partial charge in [-0.2, -0.15) is 0 Å². The summed E-state index contributed by atoms with van der Waals surface area (Å²) < 4.78 is 5.86. The first-order chi connectivity index (χ1) is 17.6. The van der Waals surface area contributed by atoms with Crippen LogP contribution in [0.3, 0.4) is 0 Å². The SMILES string of the molecule is CNC(=O)NC1=CC=C2C(CC[C@]23CN(CC(=O)N2C(C)CCC2c2ccc(Cl)cc2C)C(=O)O3)C1=O. The van der Waals surface area contributed by atoms with Gasteiger partial charge in [0, 0.05) is 24.0 Å². The number of ketones is 1. The number of nitrogens with zero attached hydrogens (tertiary/aromatic N) is 2. The quantitative estimate of drug-likeness (QED) is 0.623. The van der Waals surface area contributed by atoms with Crippen molar-refractivity contribution < 1.29 is 23.9 Å². The van der Waals surface area contributed by atoms with Gasteiger partial charge in [-0.25, -0.2) is 9.59 Å². The molecule has 3 unspecified atom stereocenters. The number of fused-ring (bicyclic) bond motifs is 2. The number of carbonyl (C=O) groups excluding carboxylic acids is 4. The van der Waals surface area contributed by atoms with Gasteiger partial charge in [-0.1, -0.05) is 23.7 Å². The molecule has 5 rings (SSSR count). The molecule has 0 radical (unpaired) electrons. The molecular formula is C27H31ClN4O5. The van der Waals surface area contributed by atoms with Crippen molar-refractivity contribution in [1.29, 1.82) is 0 Å². The lowest BCUT2D eigenvalue weighted by atomic mass is 9.85. The predicted molar refractivity (Wildman–Crippen MR) is 137 cm³/mol. The number of carbonyl (C=O) groups is 4. The number of hydrogen-bond donors (Lipinski definition) is 2. The lowest BCUT2D eigenvalue weighted by Gasteiger charge is -2.31. The molecule has 2 heterocycles. The molecule has 2 saturated heterocycles. The molecule has 0 aromatic heterocycles. The van der Waals surface area contributed by atoms with Gasteiger partial charge in [0.1, 0.15) is 6.54 Å². The van der Waals surface area contributed by atoms with E-state index >= 15 is 0 Å². The summed E-state index contributed by atoms with van der Waals surface area (Å²) >= 11 is 6.15. The smallest absolute Gasteiger partial charge is 0.411 e. The van der Waals surface area contributed by atoms with E-state index in [1.807, 2.05) is 36.9 Å². The van der Waals surface area contributed by atoms with E-state index in [2.05, 4.69) is 10.6 Å². The van der Waals surface area contributed by atoms with Crippen LogP contribution in [0.15, 0.2) is 41.6 Å². The van der Waals surface area contributed by atoms with Crippen LogP contribution in [0.5, 0.6) is 0 Å². The van der Waals surface area contributed by atoms with Gasteiger partial charge in [-0.3, -0.25) is 14.5 Å². The number of nitrogens with one attached hydrogen (secondary N) is 2. The normalized spacial score (nSPS) is 28.7. The number of likely N-dealkylation sites (tertiary alicyclic amines) is 1. The molecule has 2 aliphatic carbocycles. The number of urea groups is 1. The van der Waals surface area contributed by atoms with Crippen LogP contribution >= 0.6 is 11.6 Å². The number of amides is 4. The second-order valence-corrected chi connectivity index (χ2v) is 10.8. The van der Waals surface area contributed by atoms with Crippen LogP contribution < -0.4 is 10.6 Å². The third kappa shape index (κ3) is 4.39. The molecule has 1 aromatic rings. The predicted octanol–water partition coefficient (Wildman–Crippen LogP) is 3.62. The van der Waals surface area contributed by atoms with Gasteiger partial charge in [0.05, 0.1) is 18.3 Å². The summed E-state index contributed by atoms with van der Waals surface area (Å²) in [6.45, 7) is 4.16.